The minimum atomic E-state index is 0.340. The summed E-state index contributed by atoms with van der Waals surface area (Å²) in [5, 5.41) is 3.77. The van der Waals surface area contributed by atoms with Crippen molar-refractivity contribution in [2.45, 2.75) is 58.2 Å². The lowest BCUT2D eigenvalue weighted by Crippen LogP contribution is -2.65. The highest BCUT2D eigenvalue weighted by atomic mass is 16.5. The molecule has 1 saturated carbocycles. The van der Waals surface area contributed by atoms with Gasteiger partial charge in [0.15, 0.2) is 0 Å². The molecule has 3 heteroatoms. The molecule has 2 aliphatic rings. The van der Waals surface area contributed by atoms with E-state index >= 15 is 0 Å². The van der Waals surface area contributed by atoms with Crippen LogP contribution in [0.5, 0.6) is 0 Å². The Morgan fingerprint density at radius 3 is 2.76 bits per heavy atom. The molecule has 0 bridgehead atoms. The maximum Gasteiger partial charge on any atom is 0.0619 e. The second kappa shape index (κ2) is 5.25. The largest absolute Gasteiger partial charge is 0.380 e. The lowest BCUT2D eigenvalue weighted by atomic mass is 9.90. The first-order chi connectivity index (χ1) is 8.07. The van der Waals surface area contributed by atoms with Gasteiger partial charge in [0.25, 0.3) is 0 Å². The van der Waals surface area contributed by atoms with E-state index in [0.717, 1.165) is 25.7 Å². The Bertz CT molecular complexity index is 255. The van der Waals surface area contributed by atoms with Crippen LogP contribution in [-0.4, -0.2) is 48.8 Å². The summed E-state index contributed by atoms with van der Waals surface area (Å²) in [7, 11) is 0. The molecule has 1 saturated heterocycles. The van der Waals surface area contributed by atoms with Crippen LogP contribution in [0.2, 0.25) is 0 Å². The smallest absolute Gasteiger partial charge is 0.0619 e. The first-order valence-corrected chi connectivity index (χ1v) is 7.15. The first-order valence-electron chi connectivity index (χ1n) is 7.15. The predicted octanol–water partition coefficient (Wildman–Crippen LogP) is 1.87. The van der Waals surface area contributed by atoms with Crippen molar-refractivity contribution in [1.82, 2.24) is 10.2 Å². The van der Waals surface area contributed by atoms with Crippen LogP contribution in [-0.2, 0) is 4.74 Å². The fraction of sp³-hybridized carbons (Fsp3) is 1.00. The third kappa shape index (κ3) is 3.01. The van der Waals surface area contributed by atoms with Gasteiger partial charge in [-0.05, 0) is 46.5 Å². The van der Waals surface area contributed by atoms with Crippen LogP contribution in [0.4, 0.5) is 0 Å². The predicted molar refractivity (Wildman–Crippen MR) is 71.3 cm³/mol. The van der Waals surface area contributed by atoms with Crippen molar-refractivity contribution in [3.05, 3.63) is 0 Å². The third-order valence-electron chi connectivity index (χ3n) is 4.49. The van der Waals surface area contributed by atoms with Gasteiger partial charge in [0.1, 0.15) is 0 Å². The minimum absolute atomic E-state index is 0.340. The van der Waals surface area contributed by atoms with E-state index in [-0.39, 0.29) is 0 Å². The van der Waals surface area contributed by atoms with Crippen LogP contribution in [0.1, 0.15) is 40.5 Å². The summed E-state index contributed by atoms with van der Waals surface area (Å²) in [6.45, 7) is 13.1. The molecule has 0 spiro atoms. The molecule has 100 valence electrons. The summed E-state index contributed by atoms with van der Waals surface area (Å²) in [5.41, 5.74) is 0.340. The highest BCUT2D eigenvalue weighted by molar-refractivity contribution is 5.04. The van der Waals surface area contributed by atoms with E-state index in [0.29, 0.717) is 17.6 Å². The fourth-order valence-corrected chi connectivity index (χ4v) is 3.06. The van der Waals surface area contributed by atoms with E-state index in [1.165, 1.54) is 19.4 Å². The van der Waals surface area contributed by atoms with Crippen LogP contribution in [0, 0.1) is 5.92 Å². The average Bonchev–Trinajstić information content (AvgIpc) is 3.13. The molecule has 0 aromatic heterocycles. The van der Waals surface area contributed by atoms with Crippen molar-refractivity contribution in [2.75, 3.05) is 26.3 Å². The Balaban J connectivity index is 1.94. The third-order valence-corrected chi connectivity index (χ3v) is 4.49. The van der Waals surface area contributed by atoms with Crippen LogP contribution in [0.3, 0.4) is 0 Å². The van der Waals surface area contributed by atoms with E-state index in [1.807, 2.05) is 0 Å². The zero-order valence-electron chi connectivity index (χ0n) is 11.8. The molecule has 3 atom stereocenters. The topological polar surface area (TPSA) is 24.5 Å². The highest BCUT2D eigenvalue weighted by Crippen LogP contribution is 2.41. The molecule has 0 radical (unpaired) electrons. The van der Waals surface area contributed by atoms with Gasteiger partial charge in [0.05, 0.1) is 6.61 Å². The molecule has 2 rings (SSSR count). The van der Waals surface area contributed by atoms with Gasteiger partial charge in [-0.2, -0.15) is 0 Å². The van der Waals surface area contributed by atoms with E-state index < -0.39 is 0 Å². The molecule has 1 heterocycles. The summed E-state index contributed by atoms with van der Waals surface area (Å²) in [6.07, 6.45) is 2.82. The standard InChI is InChI=1S/C14H28N2O/c1-5-17-9-12(3)16-10-14(4,13-6-7-13)15-8-11(16)2/h11-13,15H,5-10H2,1-4H3. The Hall–Kier alpha value is -0.120. The number of nitrogens with zero attached hydrogens (tertiary/aromatic N) is 1. The first kappa shape index (κ1) is 13.3. The molecule has 1 N–H and O–H groups in total. The molecular formula is C14H28N2O. The normalized spacial score (nSPS) is 37.1. The van der Waals surface area contributed by atoms with Crippen LogP contribution in [0.15, 0.2) is 0 Å². The quantitative estimate of drug-likeness (QED) is 0.794. The van der Waals surface area contributed by atoms with Gasteiger partial charge in [-0.15, -0.1) is 0 Å². The zero-order chi connectivity index (χ0) is 12.5. The van der Waals surface area contributed by atoms with Gasteiger partial charge in [-0.3, -0.25) is 4.90 Å². The SMILES string of the molecule is CCOCC(C)N1CC(C)(C2CC2)NCC1C. The molecular weight excluding hydrogens is 212 g/mol. The summed E-state index contributed by atoms with van der Waals surface area (Å²) in [6, 6.07) is 1.16. The summed E-state index contributed by atoms with van der Waals surface area (Å²) >= 11 is 0. The molecule has 2 fully saturated rings. The number of hydrogen-bond donors (Lipinski definition) is 1. The highest BCUT2D eigenvalue weighted by Gasteiger charge is 2.45. The molecule has 1 aliphatic carbocycles. The number of rotatable bonds is 5. The van der Waals surface area contributed by atoms with Crippen molar-refractivity contribution in [3.63, 3.8) is 0 Å². The van der Waals surface area contributed by atoms with Crippen molar-refractivity contribution in [3.8, 4) is 0 Å². The van der Waals surface area contributed by atoms with Gasteiger partial charge >= 0.3 is 0 Å². The molecule has 3 nitrogen and oxygen atoms in total. The van der Waals surface area contributed by atoms with Gasteiger partial charge in [0.2, 0.25) is 0 Å². The zero-order valence-corrected chi connectivity index (χ0v) is 11.8. The van der Waals surface area contributed by atoms with Gasteiger partial charge < -0.3 is 10.1 Å². The Labute approximate surface area is 106 Å². The van der Waals surface area contributed by atoms with E-state index in [2.05, 4.69) is 37.9 Å². The van der Waals surface area contributed by atoms with E-state index in [4.69, 9.17) is 4.74 Å². The molecule has 17 heavy (non-hydrogen) atoms. The maximum atomic E-state index is 5.58. The summed E-state index contributed by atoms with van der Waals surface area (Å²) in [4.78, 5) is 2.63. The van der Waals surface area contributed by atoms with Crippen LogP contribution >= 0.6 is 0 Å². The number of ether oxygens (including phenoxy) is 1. The molecule has 0 aromatic rings. The molecule has 1 aliphatic heterocycles. The van der Waals surface area contributed by atoms with E-state index in [1.54, 1.807) is 0 Å². The lowest BCUT2D eigenvalue weighted by Gasteiger charge is -2.48. The average molecular weight is 240 g/mol. The van der Waals surface area contributed by atoms with Gasteiger partial charge in [-0.25, -0.2) is 0 Å². The van der Waals surface area contributed by atoms with Crippen LogP contribution in [0.25, 0.3) is 0 Å². The minimum Gasteiger partial charge on any atom is -0.380 e. The Morgan fingerprint density at radius 1 is 1.47 bits per heavy atom. The van der Waals surface area contributed by atoms with Crippen molar-refractivity contribution < 1.29 is 4.74 Å². The lowest BCUT2D eigenvalue weighted by molar-refractivity contribution is 0.00971. The monoisotopic (exact) mass is 240 g/mol. The maximum absolute atomic E-state index is 5.58. The number of hydrogen-bond acceptors (Lipinski definition) is 3. The van der Waals surface area contributed by atoms with E-state index in [9.17, 15) is 0 Å². The molecule has 0 aromatic carbocycles. The van der Waals surface area contributed by atoms with Gasteiger partial charge in [0, 0.05) is 37.3 Å². The van der Waals surface area contributed by atoms with Crippen LogP contribution < -0.4 is 5.32 Å². The number of nitrogens with one attached hydrogen (secondary N) is 1. The molecule has 3 unspecified atom stereocenters. The summed E-state index contributed by atoms with van der Waals surface area (Å²) in [5.74, 6) is 0.900. The Morgan fingerprint density at radius 2 is 2.18 bits per heavy atom. The van der Waals surface area contributed by atoms with Crippen molar-refractivity contribution >= 4 is 0 Å². The Kier molecular flexibility index (Phi) is 4.11. The second-order valence-electron chi connectivity index (χ2n) is 6.10. The van der Waals surface area contributed by atoms with Crippen molar-refractivity contribution in [2.24, 2.45) is 5.92 Å². The second-order valence-corrected chi connectivity index (χ2v) is 6.10. The number of piperazine rings is 1. The summed E-state index contributed by atoms with van der Waals surface area (Å²) < 4.78 is 5.58. The van der Waals surface area contributed by atoms with Gasteiger partial charge in [-0.1, -0.05) is 0 Å². The van der Waals surface area contributed by atoms with Crippen molar-refractivity contribution in [1.29, 1.82) is 0 Å². The molecule has 0 amide bonds. The fourth-order valence-electron chi connectivity index (χ4n) is 3.06.